The first kappa shape index (κ1) is 23.1. The van der Waals surface area contributed by atoms with Crippen molar-refractivity contribution < 1.29 is 18.7 Å². The van der Waals surface area contributed by atoms with Crippen LogP contribution in [0.4, 0.5) is 8.78 Å². The molecular weight excluding hydrogens is 434 g/mol. The molecule has 4 nitrogen and oxygen atoms in total. The average Bonchev–Trinajstić information content (AvgIpc) is 3.12. The standard InChI is InChI=1S/C25H29ClF2N2O2/c1-15-11-30(12-16(2)25(15,32)17-4-6-18(26)7-5-17)24(31)22-14-29(3)13-21(22)20-9-8-19(27)10-23(20)28/h4-10,15-16,21-22,32H,11-14H2,1-3H3/t15?,16?,21-,22+,25?/m0/s1. The highest BCUT2D eigenvalue weighted by atomic mass is 35.5. The largest absolute Gasteiger partial charge is 0.384 e. The monoisotopic (exact) mass is 462 g/mol. The van der Waals surface area contributed by atoms with E-state index in [2.05, 4.69) is 0 Å². The molecule has 172 valence electrons. The Kier molecular flexibility index (Phi) is 6.31. The number of likely N-dealkylation sites (N-methyl/N-ethyl adjacent to an activating group) is 1. The third-order valence-electron chi connectivity index (χ3n) is 7.29. The third-order valence-corrected chi connectivity index (χ3v) is 7.54. The summed E-state index contributed by atoms with van der Waals surface area (Å²) in [5.41, 5.74) is 0.0989. The van der Waals surface area contributed by atoms with Crippen molar-refractivity contribution in [1.29, 1.82) is 0 Å². The lowest BCUT2D eigenvalue weighted by Gasteiger charge is -2.48. The fourth-order valence-electron chi connectivity index (χ4n) is 5.57. The summed E-state index contributed by atoms with van der Waals surface area (Å²) in [6.07, 6.45) is 0. The Morgan fingerprint density at radius 3 is 2.25 bits per heavy atom. The third kappa shape index (κ3) is 4.04. The number of likely N-dealkylation sites (tertiary alicyclic amines) is 2. The fraction of sp³-hybridized carbons (Fsp3) is 0.480. The number of benzene rings is 2. The van der Waals surface area contributed by atoms with Gasteiger partial charge in [0.05, 0.1) is 11.5 Å². The number of rotatable bonds is 3. The van der Waals surface area contributed by atoms with E-state index in [1.807, 2.05) is 37.9 Å². The molecule has 2 fully saturated rings. The van der Waals surface area contributed by atoms with Gasteiger partial charge in [0, 0.05) is 55.0 Å². The molecular formula is C25H29ClF2N2O2. The van der Waals surface area contributed by atoms with Crippen LogP contribution in [-0.2, 0) is 10.4 Å². The van der Waals surface area contributed by atoms with Gasteiger partial charge in [0.2, 0.25) is 5.91 Å². The van der Waals surface area contributed by atoms with Crippen molar-refractivity contribution in [3.05, 3.63) is 70.2 Å². The maximum Gasteiger partial charge on any atom is 0.227 e. The summed E-state index contributed by atoms with van der Waals surface area (Å²) < 4.78 is 27.9. The molecule has 2 heterocycles. The summed E-state index contributed by atoms with van der Waals surface area (Å²) in [5, 5.41) is 12.2. The second-order valence-electron chi connectivity index (χ2n) is 9.48. The molecule has 0 aliphatic carbocycles. The maximum absolute atomic E-state index is 14.5. The lowest BCUT2D eigenvalue weighted by Crippen LogP contribution is -2.57. The second-order valence-corrected chi connectivity index (χ2v) is 9.91. The van der Waals surface area contributed by atoms with Crippen LogP contribution in [0, 0.1) is 29.4 Å². The average molecular weight is 463 g/mol. The Morgan fingerprint density at radius 2 is 1.66 bits per heavy atom. The van der Waals surface area contributed by atoms with Crippen molar-refractivity contribution in [2.75, 3.05) is 33.2 Å². The van der Waals surface area contributed by atoms with Crippen LogP contribution >= 0.6 is 11.6 Å². The lowest BCUT2D eigenvalue weighted by molar-refractivity contribution is -0.152. The van der Waals surface area contributed by atoms with Crippen LogP contribution in [0.3, 0.4) is 0 Å². The maximum atomic E-state index is 14.5. The van der Waals surface area contributed by atoms with E-state index in [-0.39, 0.29) is 23.7 Å². The van der Waals surface area contributed by atoms with Crippen LogP contribution in [0.25, 0.3) is 0 Å². The van der Waals surface area contributed by atoms with E-state index in [4.69, 9.17) is 11.6 Å². The van der Waals surface area contributed by atoms with Gasteiger partial charge in [-0.1, -0.05) is 43.6 Å². The summed E-state index contributed by atoms with van der Waals surface area (Å²) in [5.74, 6) is -2.42. The molecule has 4 rings (SSSR count). The van der Waals surface area contributed by atoms with E-state index < -0.39 is 23.2 Å². The number of hydrogen-bond acceptors (Lipinski definition) is 3. The lowest BCUT2D eigenvalue weighted by atomic mass is 9.70. The minimum atomic E-state index is -1.07. The predicted octanol–water partition coefficient (Wildman–Crippen LogP) is 4.27. The molecule has 1 amide bonds. The number of piperidine rings is 1. The van der Waals surface area contributed by atoms with Gasteiger partial charge in [-0.15, -0.1) is 0 Å². The first-order chi connectivity index (χ1) is 15.1. The van der Waals surface area contributed by atoms with Gasteiger partial charge in [0.15, 0.2) is 0 Å². The van der Waals surface area contributed by atoms with Gasteiger partial charge in [-0.05, 0) is 36.4 Å². The zero-order valence-electron chi connectivity index (χ0n) is 18.6. The Bertz CT molecular complexity index is 988. The van der Waals surface area contributed by atoms with E-state index >= 15 is 0 Å². The highest BCUT2D eigenvalue weighted by molar-refractivity contribution is 6.30. The van der Waals surface area contributed by atoms with Gasteiger partial charge in [-0.3, -0.25) is 4.79 Å². The summed E-state index contributed by atoms with van der Waals surface area (Å²) >= 11 is 6.02. The molecule has 1 N–H and O–H groups in total. The van der Waals surface area contributed by atoms with E-state index in [1.165, 1.54) is 12.1 Å². The van der Waals surface area contributed by atoms with E-state index in [1.54, 1.807) is 17.0 Å². The molecule has 0 bridgehead atoms. The number of aliphatic hydroxyl groups is 1. The van der Waals surface area contributed by atoms with Crippen LogP contribution in [-0.4, -0.2) is 54.0 Å². The molecule has 4 atom stereocenters. The molecule has 2 aromatic rings. The Labute approximate surface area is 192 Å². The molecule has 7 heteroatoms. The quantitative estimate of drug-likeness (QED) is 0.741. The van der Waals surface area contributed by atoms with Gasteiger partial charge in [0.25, 0.3) is 0 Å². The number of carbonyl (C=O) groups excluding carboxylic acids is 1. The van der Waals surface area contributed by atoms with Gasteiger partial charge >= 0.3 is 0 Å². The number of hydrogen-bond donors (Lipinski definition) is 1. The van der Waals surface area contributed by atoms with E-state index in [0.29, 0.717) is 36.8 Å². The zero-order chi connectivity index (χ0) is 23.2. The van der Waals surface area contributed by atoms with Gasteiger partial charge < -0.3 is 14.9 Å². The molecule has 2 aliphatic rings. The molecule has 2 aromatic carbocycles. The number of nitrogens with zero attached hydrogens (tertiary/aromatic N) is 2. The molecule has 2 aliphatic heterocycles. The van der Waals surface area contributed by atoms with Crippen LogP contribution in [0.5, 0.6) is 0 Å². The summed E-state index contributed by atoms with van der Waals surface area (Å²) in [4.78, 5) is 17.4. The van der Waals surface area contributed by atoms with E-state index in [9.17, 15) is 18.7 Å². The summed E-state index contributed by atoms with van der Waals surface area (Å²) in [6, 6.07) is 10.8. The van der Waals surface area contributed by atoms with Crippen LogP contribution in [0.15, 0.2) is 42.5 Å². The van der Waals surface area contributed by atoms with Crippen LogP contribution in [0.2, 0.25) is 5.02 Å². The van der Waals surface area contributed by atoms with Crippen molar-refractivity contribution in [3.8, 4) is 0 Å². The summed E-state index contributed by atoms with van der Waals surface area (Å²) in [7, 11) is 1.91. The molecule has 0 spiro atoms. The van der Waals surface area contributed by atoms with Crippen molar-refractivity contribution in [2.45, 2.75) is 25.4 Å². The smallest absolute Gasteiger partial charge is 0.227 e. The topological polar surface area (TPSA) is 43.8 Å². The summed E-state index contributed by atoms with van der Waals surface area (Å²) in [6.45, 7) is 5.75. The van der Waals surface area contributed by atoms with E-state index in [0.717, 1.165) is 11.6 Å². The Balaban J connectivity index is 1.56. The van der Waals surface area contributed by atoms with Crippen LogP contribution < -0.4 is 0 Å². The first-order valence-electron chi connectivity index (χ1n) is 11.0. The zero-order valence-corrected chi connectivity index (χ0v) is 19.3. The van der Waals surface area contributed by atoms with Crippen molar-refractivity contribution in [2.24, 2.45) is 17.8 Å². The molecule has 2 unspecified atom stereocenters. The van der Waals surface area contributed by atoms with Gasteiger partial charge in [-0.2, -0.15) is 0 Å². The van der Waals surface area contributed by atoms with Crippen molar-refractivity contribution >= 4 is 17.5 Å². The molecule has 0 saturated carbocycles. The van der Waals surface area contributed by atoms with Crippen molar-refractivity contribution in [1.82, 2.24) is 9.80 Å². The minimum Gasteiger partial charge on any atom is -0.384 e. The number of amides is 1. The Morgan fingerprint density at radius 1 is 1.03 bits per heavy atom. The highest BCUT2D eigenvalue weighted by Gasteiger charge is 2.49. The van der Waals surface area contributed by atoms with Gasteiger partial charge in [0.1, 0.15) is 11.6 Å². The Hall–Kier alpha value is -2.02. The van der Waals surface area contributed by atoms with Gasteiger partial charge in [-0.25, -0.2) is 8.78 Å². The molecule has 0 aromatic heterocycles. The predicted molar refractivity (Wildman–Crippen MR) is 120 cm³/mol. The van der Waals surface area contributed by atoms with Crippen molar-refractivity contribution in [3.63, 3.8) is 0 Å². The molecule has 2 saturated heterocycles. The number of carbonyl (C=O) groups is 1. The first-order valence-corrected chi connectivity index (χ1v) is 11.4. The highest BCUT2D eigenvalue weighted by Crippen LogP contribution is 2.43. The van der Waals surface area contributed by atoms with Crippen LogP contribution in [0.1, 0.15) is 30.9 Å². The number of halogens is 3. The minimum absolute atomic E-state index is 0.0417. The molecule has 0 radical (unpaired) electrons. The normalized spacial score (nSPS) is 31.2. The fourth-order valence-corrected chi connectivity index (χ4v) is 5.69. The SMILES string of the molecule is CC1CN(C(=O)[C@@H]2CN(C)C[C@H]2c2ccc(F)cc2F)CC(C)C1(O)c1ccc(Cl)cc1. The second kappa shape index (κ2) is 8.73. The molecule has 32 heavy (non-hydrogen) atoms.